The molecule has 1 fully saturated rings. The fourth-order valence-corrected chi connectivity index (χ4v) is 3.54. The van der Waals surface area contributed by atoms with Gasteiger partial charge in [0.25, 0.3) is 5.91 Å². The van der Waals surface area contributed by atoms with Gasteiger partial charge in [-0.25, -0.2) is 8.78 Å². The van der Waals surface area contributed by atoms with Crippen LogP contribution in [0.15, 0.2) is 36.4 Å². The molecule has 1 atom stereocenters. The summed E-state index contributed by atoms with van der Waals surface area (Å²) in [6, 6.07) is 7.55. The highest BCUT2D eigenvalue weighted by atomic mass is 19.2. The number of piperidine rings is 1. The Morgan fingerprint density at radius 2 is 1.59 bits per heavy atom. The number of nitrogens with zero attached hydrogens (tertiary/aromatic N) is 1. The van der Waals surface area contributed by atoms with Gasteiger partial charge in [-0.3, -0.25) is 19.2 Å². The number of ketones is 1. The van der Waals surface area contributed by atoms with Crippen molar-refractivity contribution in [3.05, 3.63) is 59.7 Å². The lowest BCUT2D eigenvalue weighted by Gasteiger charge is -2.29. The number of hydrogen-bond acceptors (Lipinski definition) is 8. The molecule has 3 N–H and O–H groups in total. The van der Waals surface area contributed by atoms with Crippen LogP contribution in [0.2, 0.25) is 0 Å². The van der Waals surface area contributed by atoms with Crippen LogP contribution in [0.1, 0.15) is 19.3 Å². The topological polar surface area (TPSA) is 142 Å². The second-order valence-corrected chi connectivity index (χ2v) is 8.57. The second-order valence-electron chi connectivity index (χ2n) is 8.57. The Kier molecular flexibility index (Phi) is 15.5. The van der Waals surface area contributed by atoms with Crippen molar-refractivity contribution in [1.82, 2.24) is 10.2 Å². The summed E-state index contributed by atoms with van der Waals surface area (Å²) >= 11 is 0. The number of halogens is 4. The maximum atomic E-state index is 13.6. The van der Waals surface area contributed by atoms with Crippen LogP contribution in [0.3, 0.4) is 0 Å². The third-order valence-corrected chi connectivity index (χ3v) is 5.71. The number of para-hydroxylation sites is 1. The average molecular weight is 586 g/mol. The van der Waals surface area contributed by atoms with Gasteiger partial charge in [-0.2, -0.15) is 8.78 Å². The molecule has 2 amide bonds. The highest BCUT2D eigenvalue weighted by molar-refractivity contribution is 6.29. The highest BCUT2D eigenvalue weighted by Gasteiger charge is 2.29. The zero-order chi connectivity index (χ0) is 30.9. The van der Waals surface area contributed by atoms with Crippen LogP contribution < -0.4 is 15.4 Å². The molecule has 0 aromatic heterocycles. The molecule has 10 nitrogen and oxygen atoms in total. The van der Waals surface area contributed by atoms with Crippen LogP contribution in [0.5, 0.6) is 5.75 Å². The Labute approximate surface area is 233 Å². The molecule has 0 saturated carbocycles. The molecule has 1 aliphatic rings. The molecule has 2 aromatic carbocycles. The molecule has 3 rings (SSSR count). The number of aldehydes is 2. The number of likely N-dealkylation sites (tertiary alicyclic amines) is 1. The van der Waals surface area contributed by atoms with E-state index >= 15 is 0 Å². The van der Waals surface area contributed by atoms with Gasteiger partial charge in [-0.15, -0.1) is 0 Å². The van der Waals surface area contributed by atoms with Gasteiger partial charge >= 0.3 is 0 Å². The minimum Gasteiger partial charge on any atom is -0.479 e. The molecule has 0 aliphatic carbocycles. The van der Waals surface area contributed by atoms with Crippen LogP contribution in [0.25, 0.3) is 0 Å². The van der Waals surface area contributed by atoms with Gasteiger partial charge in [0, 0.05) is 31.2 Å². The molecule has 0 spiro atoms. The summed E-state index contributed by atoms with van der Waals surface area (Å²) in [5, 5.41) is 11.8. The van der Waals surface area contributed by atoms with Crippen molar-refractivity contribution in [3.8, 4) is 5.75 Å². The first-order valence-corrected chi connectivity index (χ1v) is 12.2. The number of rotatable bonds is 10. The van der Waals surface area contributed by atoms with Crippen LogP contribution >= 0.6 is 0 Å². The lowest BCUT2D eigenvalue weighted by atomic mass is 9.95. The number of amides is 2. The van der Waals surface area contributed by atoms with E-state index in [1.54, 1.807) is 24.3 Å². The average Bonchev–Trinajstić information content (AvgIpc) is 2.98. The van der Waals surface area contributed by atoms with Gasteiger partial charge in [0.2, 0.25) is 23.8 Å². The maximum absolute atomic E-state index is 13.6. The largest absolute Gasteiger partial charge is 0.479 e. The molecule has 1 saturated heterocycles. The SMILES string of the molecule is CN1CCC(C(=O)NC(CC=O)C(=O)COc2c(F)c(F)cc(F)c2F)CC1.CO.O=CC(=O)Nc1ccccc1. The third-order valence-electron chi connectivity index (χ3n) is 5.71. The van der Waals surface area contributed by atoms with Gasteiger partial charge in [-0.05, 0) is 45.1 Å². The number of nitrogens with one attached hydrogen (secondary N) is 2. The molecule has 0 radical (unpaired) electrons. The number of benzene rings is 2. The standard InChI is InChI=1S/C18H20F4N2O4.C8H7NO2.CH4O/c1-24-5-2-10(3-6-24)18(27)23-13(4-7-25)14(26)9-28-17-15(21)11(19)8-12(20)16(17)22;10-6-8(11)9-7-4-2-1-3-5-7;1-2/h7-8,10,13H,2-6,9H2,1H3,(H,23,27);1-6H,(H,9,11);2H,1H3. The van der Waals surface area contributed by atoms with Crippen molar-refractivity contribution in [2.45, 2.75) is 25.3 Å². The summed E-state index contributed by atoms with van der Waals surface area (Å²) in [6.45, 7) is 0.428. The van der Waals surface area contributed by atoms with Gasteiger partial charge in [0.1, 0.15) is 12.9 Å². The van der Waals surface area contributed by atoms with Crippen molar-refractivity contribution in [2.75, 3.05) is 39.2 Å². The molecule has 14 heteroatoms. The highest BCUT2D eigenvalue weighted by Crippen LogP contribution is 2.26. The van der Waals surface area contributed by atoms with E-state index < -0.39 is 59.3 Å². The first-order chi connectivity index (χ1) is 19.6. The molecule has 1 heterocycles. The Balaban J connectivity index is 0.000000538. The van der Waals surface area contributed by atoms with Gasteiger partial charge in [0.05, 0.1) is 6.04 Å². The van der Waals surface area contributed by atoms with Crippen molar-refractivity contribution in [1.29, 1.82) is 0 Å². The van der Waals surface area contributed by atoms with E-state index in [0.29, 0.717) is 37.9 Å². The van der Waals surface area contributed by atoms with Gasteiger partial charge < -0.3 is 30.2 Å². The quantitative estimate of drug-likeness (QED) is 0.167. The molecule has 0 bridgehead atoms. The predicted molar refractivity (Wildman–Crippen MR) is 139 cm³/mol. The van der Waals surface area contributed by atoms with Crippen molar-refractivity contribution >= 4 is 35.9 Å². The zero-order valence-electron chi connectivity index (χ0n) is 22.4. The fraction of sp³-hybridized carbons (Fsp3) is 0.370. The lowest BCUT2D eigenvalue weighted by Crippen LogP contribution is -2.47. The summed E-state index contributed by atoms with van der Waals surface area (Å²) in [5.41, 5.74) is 0.629. The van der Waals surface area contributed by atoms with Crippen LogP contribution in [0.4, 0.5) is 23.2 Å². The molecule has 2 aromatic rings. The zero-order valence-corrected chi connectivity index (χ0v) is 22.4. The summed E-state index contributed by atoms with van der Waals surface area (Å²) < 4.78 is 58.1. The number of hydrogen-bond donors (Lipinski definition) is 3. The van der Waals surface area contributed by atoms with Crippen LogP contribution in [0, 0.1) is 29.2 Å². The molecule has 1 aliphatic heterocycles. The Morgan fingerprint density at radius 1 is 1.02 bits per heavy atom. The van der Waals surface area contributed by atoms with Gasteiger partial charge in [0.15, 0.2) is 23.2 Å². The molecule has 224 valence electrons. The number of aliphatic hydroxyl groups is 1. The van der Waals surface area contributed by atoms with E-state index in [0.717, 1.165) is 7.11 Å². The normalized spacial score (nSPS) is 13.7. The molecular weight excluding hydrogens is 554 g/mol. The monoisotopic (exact) mass is 585 g/mol. The van der Waals surface area contributed by atoms with Crippen molar-refractivity contribution < 1.29 is 51.4 Å². The van der Waals surface area contributed by atoms with E-state index in [9.17, 15) is 41.5 Å². The minimum atomic E-state index is -1.78. The van der Waals surface area contributed by atoms with E-state index in [-0.39, 0.29) is 24.7 Å². The summed E-state index contributed by atoms with van der Waals surface area (Å²) in [6.07, 6.45) is 1.44. The Hall–Kier alpha value is -4.17. The summed E-state index contributed by atoms with van der Waals surface area (Å²) in [7, 11) is 2.91. The van der Waals surface area contributed by atoms with Crippen LogP contribution in [-0.2, 0) is 24.0 Å². The number of aliphatic hydroxyl groups excluding tert-OH is 1. The second kappa shape index (κ2) is 18.2. The van der Waals surface area contributed by atoms with Crippen molar-refractivity contribution in [3.63, 3.8) is 0 Å². The fourth-order valence-electron chi connectivity index (χ4n) is 3.54. The smallest absolute Gasteiger partial charge is 0.288 e. The molecule has 41 heavy (non-hydrogen) atoms. The first kappa shape index (κ1) is 34.9. The predicted octanol–water partition coefficient (Wildman–Crippen LogP) is 2.04. The maximum Gasteiger partial charge on any atom is 0.288 e. The molecular formula is C27H31F4N3O7. The number of Topliss-reactive ketones (excluding diaryl/α,β-unsaturated/α-hetero) is 1. The minimum absolute atomic E-state index is 0.0103. The number of carbonyl (C=O) groups excluding carboxylic acids is 5. The van der Waals surface area contributed by atoms with Gasteiger partial charge in [-0.1, -0.05) is 18.2 Å². The Morgan fingerprint density at radius 3 is 2.10 bits per heavy atom. The van der Waals surface area contributed by atoms with E-state index in [4.69, 9.17) is 5.11 Å². The Bertz CT molecular complexity index is 1150. The number of carbonyl (C=O) groups is 5. The first-order valence-electron chi connectivity index (χ1n) is 12.2. The lowest BCUT2D eigenvalue weighted by molar-refractivity contribution is -0.132. The van der Waals surface area contributed by atoms with E-state index in [2.05, 4.69) is 15.4 Å². The van der Waals surface area contributed by atoms with Crippen LogP contribution in [-0.4, -0.2) is 80.1 Å². The number of anilines is 1. The summed E-state index contributed by atoms with van der Waals surface area (Å²) in [5.74, 6) is -10.5. The van der Waals surface area contributed by atoms with E-state index in [1.165, 1.54) is 0 Å². The summed E-state index contributed by atoms with van der Waals surface area (Å²) in [4.78, 5) is 57.8. The third kappa shape index (κ3) is 11.5. The van der Waals surface area contributed by atoms with Crippen molar-refractivity contribution in [2.24, 2.45) is 5.92 Å². The molecule has 1 unspecified atom stereocenters. The van der Waals surface area contributed by atoms with E-state index in [1.807, 2.05) is 18.0 Å². The number of ether oxygens (including phenoxy) is 1.